The van der Waals surface area contributed by atoms with Gasteiger partial charge in [0.1, 0.15) is 11.2 Å². The van der Waals surface area contributed by atoms with Gasteiger partial charge in [-0.15, -0.1) is 0 Å². The minimum atomic E-state index is -0.305. The van der Waals surface area contributed by atoms with Gasteiger partial charge in [-0.3, -0.25) is 0 Å². The van der Waals surface area contributed by atoms with Crippen molar-refractivity contribution in [3.05, 3.63) is 229 Å². The number of rotatable bonds is 6. The van der Waals surface area contributed by atoms with E-state index in [1.807, 2.05) is 30.3 Å². The summed E-state index contributed by atoms with van der Waals surface area (Å²) in [6.45, 7) is 2.36. The van der Waals surface area contributed by atoms with Gasteiger partial charge in [-0.1, -0.05) is 200 Å². The third kappa shape index (κ3) is 5.51. The Morgan fingerprint density at radius 2 is 0.951 bits per heavy atom. The molecule has 0 saturated carbocycles. The second-order valence-electron chi connectivity index (χ2n) is 16.2. The van der Waals surface area contributed by atoms with Crippen LogP contribution in [-0.2, 0) is 5.41 Å². The number of benzene rings is 9. The molecule has 2 aromatic heterocycles. The number of nitrogens with zero attached hydrogens (tertiary/aromatic N) is 2. The van der Waals surface area contributed by atoms with Crippen molar-refractivity contribution in [1.82, 2.24) is 9.97 Å². The molecule has 1 atom stereocenters. The molecule has 0 N–H and O–H groups in total. The molecule has 3 heteroatoms. The average molecular weight is 779 g/mol. The molecule has 1 unspecified atom stereocenters. The largest absolute Gasteiger partial charge is 0.455 e. The predicted octanol–water partition coefficient (Wildman–Crippen LogP) is 15.2. The van der Waals surface area contributed by atoms with Crippen LogP contribution in [0.1, 0.15) is 23.6 Å². The van der Waals surface area contributed by atoms with Crippen molar-refractivity contribution < 1.29 is 4.42 Å². The molecule has 286 valence electrons. The van der Waals surface area contributed by atoms with Crippen molar-refractivity contribution in [2.24, 2.45) is 0 Å². The normalized spacial score (nSPS) is 14.4. The first-order valence-corrected chi connectivity index (χ1v) is 20.9. The van der Waals surface area contributed by atoms with E-state index in [-0.39, 0.29) is 5.41 Å². The number of aromatic nitrogens is 2. The van der Waals surface area contributed by atoms with Crippen LogP contribution < -0.4 is 0 Å². The van der Waals surface area contributed by atoms with Gasteiger partial charge in [-0.05, 0) is 74.3 Å². The molecule has 3 nitrogen and oxygen atoms in total. The van der Waals surface area contributed by atoms with Gasteiger partial charge in [-0.25, -0.2) is 9.97 Å². The first-order valence-electron chi connectivity index (χ1n) is 20.9. The van der Waals surface area contributed by atoms with Crippen molar-refractivity contribution in [1.29, 1.82) is 0 Å². The molecule has 0 bridgehead atoms. The van der Waals surface area contributed by atoms with Crippen molar-refractivity contribution in [3.63, 3.8) is 0 Å². The lowest BCUT2D eigenvalue weighted by Gasteiger charge is -2.28. The summed E-state index contributed by atoms with van der Waals surface area (Å²) in [5.41, 5.74) is 17.3. The molecule has 1 aliphatic rings. The van der Waals surface area contributed by atoms with E-state index in [1.165, 1.54) is 44.2 Å². The maximum atomic E-state index is 6.48. The van der Waals surface area contributed by atoms with Crippen LogP contribution in [0.2, 0.25) is 0 Å². The standard InChI is InChI=1S/C58H38N2O/c1-58(40-18-6-3-7-19-40)50-27-12-10-23-48(50)55-49(26-15-28-51(55)58)53-36-52(59-57(60-53)39-16-4-2-5-17-39)38-32-30-37(31-33-38)41-34-35-44(43-21-9-8-20-42(41)43)46-24-14-25-47-45-22-11-13-29-54(45)61-56(46)47/h2-36H,1H3. The molecule has 11 aromatic rings. The minimum Gasteiger partial charge on any atom is -0.455 e. The Morgan fingerprint density at radius 1 is 0.377 bits per heavy atom. The molecule has 12 rings (SSSR count). The predicted molar refractivity (Wildman–Crippen MR) is 251 cm³/mol. The molecule has 0 aliphatic heterocycles. The molecule has 9 aromatic carbocycles. The lowest BCUT2D eigenvalue weighted by Crippen LogP contribution is -2.22. The lowest BCUT2D eigenvalue weighted by molar-refractivity contribution is 0.670. The third-order valence-corrected chi connectivity index (χ3v) is 12.8. The maximum Gasteiger partial charge on any atom is 0.160 e. The third-order valence-electron chi connectivity index (χ3n) is 12.8. The number of para-hydroxylation sites is 2. The topological polar surface area (TPSA) is 38.9 Å². The van der Waals surface area contributed by atoms with E-state index in [2.05, 4.69) is 189 Å². The number of furan rings is 1. The quantitative estimate of drug-likeness (QED) is 0.169. The summed E-state index contributed by atoms with van der Waals surface area (Å²) >= 11 is 0. The van der Waals surface area contributed by atoms with Gasteiger partial charge in [0, 0.05) is 38.4 Å². The Bertz CT molecular complexity index is 3480. The van der Waals surface area contributed by atoms with Crippen molar-refractivity contribution in [2.45, 2.75) is 12.3 Å². The molecule has 0 radical (unpaired) electrons. The van der Waals surface area contributed by atoms with Crippen molar-refractivity contribution in [3.8, 4) is 67.3 Å². The van der Waals surface area contributed by atoms with Crippen LogP contribution in [0.15, 0.2) is 217 Å². The highest BCUT2D eigenvalue weighted by Crippen LogP contribution is 2.55. The van der Waals surface area contributed by atoms with Gasteiger partial charge in [-0.2, -0.15) is 0 Å². The van der Waals surface area contributed by atoms with Crippen LogP contribution in [0, 0.1) is 0 Å². The van der Waals surface area contributed by atoms with Crippen LogP contribution in [0.4, 0.5) is 0 Å². The highest BCUT2D eigenvalue weighted by Gasteiger charge is 2.41. The molecule has 61 heavy (non-hydrogen) atoms. The van der Waals surface area contributed by atoms with Gasteiger partial charge in [0.25, 0.3) is 0 Å². The fourth-order valence-electron chi connectivity index (χ4n) is 9.85. The van der Waals surface area contributed by atoms with Gasteiger partial charge in [0.2, 0.25) is 0 Å². The Kier molecular flexibility index (Phi) is 7.98. The zero-order chi connectivity index (χ0) is 40.5. The second kappa shape index (κ2) is 13.9. The van der Waals surface area contributed by atoms with Gasteiger partial charge >= 0.3 is 0 Å². The van der Waals surface area contributed by atoms with Crippen LogP contribution >= 0.6 is 0 Å². The molecule has 0 amide bonds. The lowest BCUT2D eigenvalue weighted by atomic mass is 9.74. The Morgan fingerprint density at radius 3 is 1.77 bits per heavy atom. The van der Waals surface area contributed by atoms with Crippen molar-refractivity contribution >= 4 is 32.7 Å². The van der Waals surface area contributed by atoms with Crippen molar-refractivity contribution in [2.75, 3.05) is 0 Å². The Hall–Kier alpha value is -7.88. The number of hydrogen-bond donors (Lipinski definition) is 0. The smallest absolute Gasteiger partial charge is 0.160 e. The summed E-state index contributed by atoms with van der Waals surface area (Å²) in [5.74, 6) is 0.702. The van der Waals surface area contributed by atoms with E-state index < -0.39 is 0 Å². The molecule has 0 spiro atoms. The molecular weight excluding hydrogens is 741 g/mol. The molecule has 0 fully saturated rings. The SMILES string of the molecule is CC1(c2ccccc2)c2ccccc2-c2c(-c3cc(-c4ccc(-c5ccc(-c6cccc7c6oc6ccccc67)c6ccccc56)cc4)nc(-c4ccccc4)n3)cccc21. The van der Waals surface area contributed by atoms with E-state index in [9.17, 15) is 0 Å². The summed E-state index contributed by atoms with van der Waals surface area (Å²) < 4.78 is 6.48. The fraction of sp³-hybridized carbons (Fsp3) is 0.0345. The highest BCUT2D eigenvalue weighted by molar-refractivity contribution is 6.13. The van der Waals surface area contributed by atoms with Gasteiger partial charge in [0.15, 0.2) is 5.82 Å². The molecule has 2 heterocycles. The Balaban J connectivity index is 0.977. The summed E-state index contributed by atoms with van der Waals surface area (Å²) in [4.78, 5) is 10.5. The Labute approximate surface area is 354 Å². The first kappa shape index (κ1) is 35.1. The zero-order valence-electron chi connectivity index (χ0n) is 33.5. The first-order chi connectivity index (χ1) is 30.1. The van der Waals surface area contributed by atoms with Gasteiger partial charge < -0.3 is 4.42 Å². The number of hydrogen-bond acceptors (Lipinski definition) is 3. The van der Waals surface area contributed by atoms with E-state index in [4.69, 9.17) is 14.4 Å². The molecular formula is C58H38N2O. The monoisotopic (exact) mass is 778 g/mol. The van der Waals surface area contributed by atoms with E-state index in [1.54, 1.807) is 0 Å². The van der Waals surface area contributed by atoms with Gasteiger partial charge in [0.05, 0.1) is 11.4 Å². The summed E-state index contributed by atoms with van der Waals surface area (Å²) in [6.07, 6.45) is 0. The summed E-state index contributed by atoms with van der Waals surface area (Å²) in [6, 6.07) is 75.7. The molecule has 0 saturated heterocycles. The average Bonchev–Trinajstić information content (AvgIpc) is 3.85. The highest BCUT2D eigenvalue weighted by atomic mass is 16.3. The second-order valence-corrected chi connectivity index (χ2v) is 16.2. The maximum absolute atomic E-state index is 6.48. The summed E-state index contributed by atoms with van der Waals surface area (Å²) in [5, 5.41) is 4.64. The van der Waals surface area contributed by atoms with Crippen LogP contribution in [-0.4, -0.2) is 9.97 Å². The number of fused-ring (bicyclic) bond motifs is 7. The van der Waals surface area contributed by atoms with Crippen LogP contribution in [0.5, 0.6) is 0 Å². The minimum absolute atomic E-state index is 0.305. The van der Waals surface area contributed by atoms with Crippen LogP contribution in [0.25, 0.3) is 100.0 Å². The van der Waals surface area contributed by atoms with E-state index in [0.29, 0.717) is 5.82 Å². The van der Waals surface area contributed by atoms with E-state index >= 15 is 0 Å². The van der Waals surface area contributed by atoms with Crippen LogP contribution in [0.3, 0.4) is 0 Å². The molecule has 1 aliphatic carbocycles. The zero-order valence-corrected chi connectivity index (χ0v) is 33.5. The van der Waals surface area contributed by atoms with E-state index in [0.717, 1.165) is 66.7 Å². The summed E-state index contributed by atoms with van der Waals surface area (Å²) in [7, 11) is 0. The fourth-order valence-corrected chi connectivity index (χ4v) is 9.85.